The van der Waals surface area contributed by atoms with Gasteiger partial charge in [0.2, 0.25) is 0 Å². The lowest BCUT2D eigenvalue weighted by molar-refractivity contribution is 0.679. The van der Waals surface area contributed by atoms with E-state index in [9.17, 15) is 4.21 Å². The maximum absolute atomic E-state index is 11.1. The van der Waals surface area contributed by atoms with E-state index in [1.807, 2.05) is 0 Å². The Balaban J connectivity index is 0.00000121. The molecule has 3 nitrogen and oxygen atoms in total. The summed E-state index contributed by atoms with van der Waals surface area (Å²) in [6.07, 6.45) is 1.39. The third-order valence-corrected chi connectivity index (χ3v) is 2.50. The van der Waals surface area contributed by atoms with Crippen LogP contribution in [0.15, 0.2) is 29.2 Å². The predicted molar refractivity (Wildman–Crippen MR) is 53.2 cm³/mol. The molecule has 0 unspecified atom stereocenters. The van der Waals surface area contributed by atoms with Crippen LogP contribution in [0.1, 0.15) is 0 Å². The summed E-state index contributed by atoms with van der Waals surface area (Å²) in [5.41, 5.74) is 6.04. The number of halogens is 1. The monoisotopic (exact) mass is 206 g/mol. The van der Waals surface area contributed by atoms with Gasteiger partial charge in [-0.15, -0.1) is 12.4 Å². The summed E-state index contributed by atoms with van der Waals surface area (Å²) in [4.78, 5) is 0.520. The molecule has 12 heavy (non-hydrogen) atoms. The van der Waals surface area contributed by atoms with Crippen LogP contribution < -0.4 is 5.73 Å². The van der Waals surface area contributed by atoms with E-state index in [-0.39, 0.29) is 12.4 Å². The molecule has 0 saturated carbocycles. The summed E-state index contributed by atoms with van der Waals surface area (Å²) in [5, 5.41) is 0. The van der Waals surface area contributed by atoms with Gasteiger partial charge in [-0.25, -0.2) is 8.99 Å². The summed E-state index contributed by atoms with van der Waals surface area (Å²) in [6.45, 7) is 0. The second-order valence-corrected chi connectivity index (χ2v) is 4.57. The van der Waals surface area contributed by atoms with E-state index < -0.39 is 9.73 Å². The molecule has 0 heterocycles. The zero-order valence-corrected chi connectivity index (χ0v) is 8.24. The first-order valence-electron chi connectivity index (χ1n) is 3.09. The van der Waals surface area contributed by atoms with Crippen LogP contribution in [-0.4, -0.2) is 10.5 Å². The topological polar surface area (TPSA) is 66.9 Å². The average molecular weight is 207 g/mol. The standard InChI is InChI=1S/C7H10N2OS.ClH/c1-11(9,10)7-4-2-6(8)3-5-7;/h2-5,9H,8H2,1H3;1H/t11-;/m1./s1. The summed E-state index contributed by atoms with van der Waals surface area (Å²) >= 11 is 0. The average Bonchev–Trinajstić information content (AvgIpc) is 1.86. The number of rotatable bonds is 1. The van der Waals surface area contributed by atoms with Gasteiger partial charge in [0.15, 0.2) is 0 Å². The zero-order valence-electron chi connectivity index (χ0n) is 6.61. The van der Waals surface area contributed by atoms with Crippen molar-refractivity contribution in [2.75, 3.05) is 12.0 Å². The van der Waals surface area contributed by atoms with Gasteiger partial charge in [0.05, 0.1) is 9.73 Å². The zero-order chi connectivity index (χ0) is 8.48. The molecule has 0 radical (unpaired) electrons. The Labute approximate surface area is 78.4 Å². The number of hydrogen-bond donors (Lipinski definition) is 2. The number of nitrogen functional groups attached to an aromatic ring is 1. The van der Waals surface area contributed by atoms with Gasteiger partial charge in [-0.3, -0.25) is 0 Å². The van der Waals surface area contributed by atoms with Crippen molar-refractivity contribution in [3.8, 4) is 0 Å². The van der Waals surface area contributed by atoms with Crippen LogP contribution >= 0.6 is 12.4 Å². The van der Waals surface area contributed by atoms with Crippen molar-refractivity contribution in [1.29, 1.82) is 4.78 Å². The van der Waals surface area contributed by atoms with Gasteiger partial charge in [-0.2, -0.15) is 0 Å². The minimum absolute atomic E-state index is 0. The maximum atomic E-state index is 11.1. The molecule has 1 atom stereocenters. The van der Waals surface area contributed by atoms with Crippen molar-refractivity contribution < 1.29 is 4.21 Å². The third kappa shape index (κ3) is 2.71. The number of nitrogens with one attached hydrogen (secondary N) is 1. The minimum Gasteiger partial charge on any atom is -0.399 e. The van der Waals surface area contributed by atoms with Crippen LogP contribution in [0, 0.1) is 4.78 Å². The van der Waals surface area contributed by atoms with Crippen LogP contribution in [-0.2, 0) is 9.73 Å². The molecule has 0 fully saturated rings. The van der Waals surface area contributed by atoms with Gasteiger partial charge < -0.3 is 5.73 Å². The third-order valence-electron chi connectivity index (χ3n) is 1.33. The first-order chi connectivity index (χ1) is 5.00. The lowest BCUT2D eigenvalue weighted by Gasteiger charge is -1.99. The van der Waals surface area contributed by atoms with Gasteiger partial charge in [0, 0.05) is 16.8 Å². The molecule has 0 amide bonds. The van der Waals surface area contributed by atoms with Crippen molar-refractivity contribution in [3.05, 3.63) is 24.3 Å². The van der Waals surface area contributed by atoms with E-state index in [0.717, 1.165) is 0 Å². The van der Waals surface area contributed by atoms with Gasteiger partial charge >= 0.3 is 0 Å². The molecule has 0 spiro atoms. The highest BCUT2D eigenvalue weighted by Crippen LogP contribution is 2.11. The largest absolute Gasteiger partial charge is 0.399 e. The summed E-state index contributed by atoms with van der Waals surface area (Å²) in [6, 6.07) is 6.52. The molecule has 68 valence electrons. The molecule has 1 rings (SSSR count). The van der Waals surface area contributed by atoms with E-state index in [2.05, 4.69) is 0 Å². The van der Waals surface area contributed by atoms with E-state index in [0.29, 0.717) is 10.6 Å². The number of nitrogens with two attached hydrogens (primary N) is 1. The minimum atomic E-state index is -2.58. The van der Waals surface area contributed by atoms with E-state index in [1.165, 1.54) is 6.26 Å². The Kier molecular flexibility index (Phi) is 3.55. The fourth-order valence-electron chi connectivity index (χ4n) is 0.728. The molecule has 0 saturated heterocycles. The lowest BCUT2D eigenvalue weighted by atomic mass is 10.3. The van der Waals surface area contributed by atoms with Gasteiger partial charge in [0.25, 0.3) is 0 Å². The second-order valence-electron chi connectivity index (χ2n) is 2.41. The molecule has 5 heteroatoms. The highest BCUT2D eigenvalue weighted by atomic mass is 35.5. The van der Waals surface area contributed by atoms with E-state index >= 15 is 0 Å². The van der Waals surface area contributed by atoms with Crippen molar-refractivity contribution in [2.24, 2.45) is 0 Å². The van der Waals surface area contributed by atoms with E-state index in [1.54, 1.807) is 24.3 Å². The molecule has 3 N–H and O–H groups in total. The molecule has 0 aromatic heterocycles. The van der Waals surface area contributed by atoms with Crippen LogP contribution in [0.5, 0.6) is 0 Å². The van der Waals surface area contributed by atoms with Gasteiger partial charge in [0.1, 0.15) is 0 Å². The molecule has 1 aromatic carbocycles. The van der Waals surface area contributed by atoms with Crippen LogP contribution in [0.25, 0.3) is 0 Å². The SMILES string of the molecule is C[S@@](=N)(=O)c1ccc(N)cc1.Cl. The fourth-order valence-corrected chi connectivity index (χ4v) is 1.38. The van der Waals surface area contributed by atoms with Crippen molar-refractivity contribution in [1.82, 2.24) is 0 Å². The molecule has 0 bridgehead atoms. The van der Waals surface area contributed by atoms with Crippen molar-refractivity contribution in [3.63, 3.8) is 0 Å². The van der Waals surface area contributed by atoms with Gasteiger partial charge in [-0.1, -0.05) is 0 Å². The number of anilines is 1. The van der Waals surface area contributed by atoms with Crippen LogP contribution in [0.2, 0.25) is 0 Å². The Morgan fingerprint density at radius 3 is 2.08 bits per heavy atom. The quantitative estimate of drug-likeness (QED) is 0.688. The molecular formula is C7H11ClN2OS. The molecule has 0 aliphatic heterocycles. The molecule has 1 aromatic rings. The first kappa shape index (κ1) is 11.3. The Morgan fingerprint density at radius 2 is 1.75 bits per heavy atom. The van der Waals surface area contributed by atoms with Crippen LogP contribution in [0.3, 0.4) is 0 Å². The highest BCUT2D eigenvalue weighted by Gasteiger charge is 2.00. The van der Waals surface area contributed by atoms with Crippen LogP contribution in [0.4, 0.5) is 5.69 Å². The second kappa shape index (κ2) is 3.78. The Morgan fingerprint density at radius 1 is 1.33 bits per heavy atom. The molecule has 0 aliphatic rings. The summed E-state index contributed by atoms with van der Waals surface area (Å²) in [7, 11) is -2.58. The fraction of sp³-hybridized carbons (Fsp3) is 0.143. The Hall–Kier alpha value is -0.740. The highest BCUT2D eigenvalue weighted by molar-refractivity contribution is 7.91. The van der Waals surface area contributed by atoms with Gasteiger partial charge in [-0.05, 0) is 24.3 Å². The number of hydrogen-bond acceptors (Lipinski definition) is 3. The normalized spacial score (nSPS) is 14.4. The smallest absolute Gasteiger partial charge is 0.0696 e. The maximum Gasteiger partial charge on any atom is 0.0696 e. The van der Waals surface area contributed by atoms with Crippen molar-refractivity contribution >= 4 is 27.8 Å². The summed E-state index contributed by atoms with van der Waals surface area (Å²) in [5.74, 6) is 0. The predicted octanol–water partition coefficient (Wildman–Crippen LogP) is 1.73. The first-order valence-corrected chi connectivity index (χ1v) is 5.06. The lowest BCUT2D eigenvalue weighted by Crippen LogP contribution is -1.94. The Bertz CT molecular complexity index is 344. The van der Waals surface area contributed by atoms with E-state index in [4.69, 9.17) is 10.5 Å². The summed E-state index contributed by atoms with van der Waals surface area (Å²) < 4.78 is 18.4. The molecule has 0 aliphatic carbocycles. The number of benzene rings is 1. The van der Waals surface area contributed by atoms with Crippen molar-refractivity contribution in [2.45, 2.75) is 4.90 Å². The molecular weight excluding hydrogens is 196 g/mol.